The van der Waals surface area contributed by atoms with E-state index >= 15 is 0 Å². The van der Waals surface area contributed by atoms with Crippen LogP contribution in [0.15, 0.2) is 36.4 Å². The van der Waals surface area contributed by atoms with Gasteiger partial charge in [0, 0.05) is 25.1 Å². The van der Waals surface area contributed by atoms with Crippen molar-refractivity contribution in [2.75, 3.05) is 11.4 Å². The number of carbonyl (C=O) groups is 3. The molecular formula is C18H17NO3. The number of Topliss-reactive ketones (excluding diaryl/α,β-unsaturated/α-hetero) is 2. The van der Waals surface area contributed by atoms with Gasteiger partial charge in [0.1, 0.15) is 11.2 Å². The molecule has 2 atom stereocenters. The summed E-state index contributed by atoms with van der Waals surface area (Å²) in [7, 11) is 0. The summed E-state index contributed by atoms with van der Waals surface area (Å²) in [5.41, 5.74) is 1.28. The molecule has 2 aliphatic carbocycles. The van der Waals surface area contributed by atoms with E-state index < -0.39 is 5.41 Å². The van der Waals surface area contributed by atoms with Gasteiger partial charge < -0.3 is 4.90 Å². The third-order valence-electron chi connectivity index (χ3n) is 5.33. The summed E-state index contributed by atoms with van der Waals surface area (Å²) >= 11 is 0. The summed E-state index contributed by atoms with van der Waals surface area (Å²) in [4.78, 5) is 39.5. The van der Waals surface area contributed by atoms with Crippen molar-refractivity contribution in [2.45, 2.75) is 25.7 Å². The molecule has 1 aliphatic heterocycles. The smallest absolute Gasteiger partial charge is 0.241 e. The van der Waals surface area contributed by atoms with E-state index in [9.17, 15) is 14.4 Å². The molecule has 4 nitrogen and oxygen atoms in total. The molecule has 3 aliphatic rings. The van der Waals surface area contributed by atoms with Crippen molar-refractivity contribution in [1.82, 2.24) is 0 Å². The van der Waals surface area contributed by atoms with Gasteiger partial charge in [-0.2, -0.15) is 0 Å². The van der Waals surface area contributed by atoms with Crippen LogP contribution in [0.5, 0.6) is 0 Å². The first kappa shape index (κ1) is 13.4. The fourth-order valence-corrected chi connectivity index (χ4v) is 4.23. The maximum atomic E-state index is 13.2. The average molecular weight is 295 g/mol. The van der Waals surface area contributed by atoms with Crippen LogP contribution in [0.3, 0.4) is 0 Å². The van der Waals surface area contributed by atoms with Gasteiger partial charge in [-0.15, -0.1) is 0 Å². The quantitative estimate of drug-likeness (QED) is 0.589. The fraction of sp³-hybridized carbons (Fsp3) is 0.389. The minimum Gasteiger partial charge on any atom is -0.311 e. The second-order valence-electron chi connectivity index (χ2n) is 6.59. The van der Waals surface area contributed by atoms with Gasteiger partial charge >= 0.3 is 0 Å². The van der Waals surface area contributed by atoms with E-state index in [4.69, 9.17) is 0 Å². The summed E-state index contributed by atoms with van der Waals surface area (Å²) in [6, 6.07) is 7.76. The summed E-state index contributed by atoms with van der Waals surface area (Å²) in [5.74, 6) is -0.559. The maximum absolute atomic E-state index is 13.2. The molecule has 1 amide bonds. The monoisotopic (exact) mass is 295 g/mol. The normalized spacial score (nSPS) is 29.9. The molecule has 4 heteroatoms. The van der Waals surface area contributed by atoms with Crippen molar-refractivity contribution in [1.29, 1.82) is 0 Å². The molecule has 1 aromatic carbocycles. The molecule has 0 aromatic heterocycles. The lowest BCUT2D eigenvalue weighted by atomic mass is 9.73. The Morgan fingerprint density at radius 2 is 2.05 bits per heavy atom. The number of anilines is 1. The number of rotatable bonds is 1. The lowest BCUT2D eigenvalue weighted by Gasteiger charge is -2.33. The van der Waals surface area contributed by atoms with Crippen LogP contribution in [0.4, 0.5) is 5.69 Å². The molecule has 1 aromatic rings. The zero-order valence-corrected chi connectivity index (χ0v) is 12.3. The van der Waals surface area contributed by atoms with Gasteiger partial charge in [0.25, 0.3) is 0 Å². The van der Waals surface area contributed by atoms with Crippen molar-refractivity contribution in [2.24, 2.45) is 11.3 Å². The zero-order chi connectivity index (χ0) is 15.5. The van der Waals surface area contributed by atoms with Crippen LogP contribution in [0, 0.1) is 11.3 Å². The number of nitrogens with zero attached hydrogens (tertiary/aromatic N) is 1. The lowest BCUT2D eigenvalue weighted by Crippen LogP contribution is -2.48. The minimum absolute atomic E-state index is 0.00378. The number of ketones is 2. The van der Waals surface area contributed by atoms with Gasteiger partial charge in [-0.1, -0.05) is 24.8 Å². The Kier molecular flexibility index (Phi) is 2.68. The number of carbonyl (C=O) groups excluding carboxylic acids is 3. The van der Waals surface area contributed by atoms with Crippen molar-refractivity contribution in [3.63, 3.8) is 0 Å². The van der Waals surface area contributed by atoms with Gasteiger partial charge in [0.15, 0.2) is 5.78 Å². The zero-order valence-electron chi connectivity index (χ0n) is 12.3. The van der Waals surface area contributed by atoms with Crippen LogP contribution in [0.25, 0.3) is 0 Å². The first-order valence-corrected chi connectivity index (χ1v) is 7.68. The van der Waals surface area contributed by atoms with Gasteiger partial charge in [-0.3, -0.25) is 14.4 Å². The number of para-hydroxylation sites is 1. The van der Waals surface area contributed by atoms with E-state index in [1.54, 1.807) is 4.90 Å². The van der Waals surface area contributed by atoms with E-state index in [0.29, 0.717) is 25.0 Å². The first-order chi connectivity index (χ1) is 10.5. The average Bonchev–Trinajstić information content (AvgIpc) is 3.02. The molecule has 0 radical (unpaired) electrons. The molecule has 2 saturated carbocycles. The Morgan fingerprint density at radius 1 is 1.27 bits per heavy atom. The van der Waals surface area contributed by atoms with E-state index in [-0.39, 0.29) is 29.8 Å². The second-order valence-corrected chi connectivity index (χ2v) is 6.59. The Morgan fingerprint density at radius 3 is 2.86 bits per heavy atom. The Labute approximate surface area is 128 Å². The third kappa shape index (κ3) is 1.61. The summed E-state index contributed by atoms with van der Waals surface area (Å²) in [6.07, 6.45) is 1.65. The SMILES string of the molecule is C=C1C(=O)C2(C(=O)N3CCc4ccccc43)CC(=O)CC1C2. The van der Waals surface area contributed by atoms with Crippen molar-refractivity contribution in [3.8, 4) is 0 Å². The fourth-order valence-electron chi connectivity index (χ4n) is 4.23. The maximum Gasteiger partial charge on any atom is 0.241 e. The van der Waals surface area contributed by atoms with Gasteiger partial charge in [0.2, 0.25) is 5.91 Å². The molecule has 0 spiro atoms. The highest BCUT2D eigenvalue weighted by molar-refractivity contribution is 6.22. The van der Waals surface area contributed by atoms with Crippen molar-refractivity contribution in [3.05, 3.63) is 42.0 Å². The van der Waals surface area contributed by atoms with Gasteiger partial charge in [0.05, 0.1) is 0 Å². The Balaban J connectivity index is 1.75. The molecule has 4 rings (SSSR count). The second kappa shape index (κ2) is 4.38. The summed E-state index contributed by atoms with van der Waals surface area (Å²) in [5, 5.41) is 0. The number of hydrogen-bond donors (Lipinski definition) is 0. The van der Waals surface area contributed by atoms with Crippen LogP contribution in [0.1, 0.15) is 24.8 Å². The number of amides is 1. The van der Waals surface area contributed by atoms with E-state index in [2.05, 4.69) is 6.58 Å². The van der Waals surface area contributed by atoms with Crippen LogP contribution in [-0.4, -0.2) is 24.0 Å². The predicted molar refractivity (Wildman–Crippen MR) is 81.4 cm³/mol. The molecule has 1 heterocycles. The highest BCUT2D eigenvalue weighted by atomic mass is 16.2. The number of benzene rings is 1. The van der Waals surface area contributed by atoms with Crippen LogP contribution in [0.2, 0.25) is 0 Å². The third-order valence-corrected chi connectivity index (χ3v) is 5.33. The molecule has 112 valence electrons. The number of fused-ring (bicyclic) bond motifs is 3. The van der Waals surface area contributed by atoms with Crippen LogP contribution >= 0.6 is 0 Å². The highest BCUT2D eigenvalue weighted by Crippen LogP contribution is 2.51. The highest BCUT2D eigenvalue weighted by Gasteiger charge is 2.60. The first-order valence-electron chi connectivity index (χ1n) is 7.68. The molecule has 22 heavy (non-hydrogen) atoms. The standard InChI is InChI=1S/C18H17NO3/c1-11-13-8-14(20)10-18(9-13,16(11)21)17(22)19-7-6-12-4-2-3-5-15(12)19/h2-5,13H,1,6-10H2. The van der Waals surface area contributed by atoms with E-state index in [0.717, 1.165) is 17.7 Å². The van der Waals surface area contributed by atoms with Gasteiger partial charge in [-0.05, 0) is 36.0 Å². The summed E-state index contributed by atoms with van der Waals surface area (Å²) in [6.45, 7) is 4.42. The largest absolute Gasteiger partial charge is 0.311 e. The molecule has 2 bridgehead atoms. The van der Waals surface area contributed by atoms with E-state index in [1.165, 1.54) is 0 Å². The van der Waals surface area contributed by atoms with Crippen LogP contribution < -0.4 is 4.90 Å². The Hall–Kier alpha value is -2.23. The van der Waals surface area contributed by atoms with Crippen LogP contribution in [-0.2, 0) is 20.8 Å². The topological polar surface area (TPSA) is 54.5 Å². The van der Waals surface area contributed by atoms with Crippen molar-refractivity contribution >= 4 is 23.2 Å². The Bertz CT molecular complexity index is 736. The molecular weight excluding hydrogens is 278 g/mol. The molecule has 0 N–H and O–H groups in total. The number of hydrogen-bond acceptors (Lipinski definition) is 3. The van der Waals surface area contributed by atoms with E-state index in [1.807, 2.05) is 24.3 Å². The van der Waals surface area contributed by atoms with Crippen molar-refractivity contribution < 1.29 is 14.4 Å². The van der Waals surface area contributed by atoms with Gasteiger partial charge in [-0.25, -0.2) is 0 Å². The molecule has 2 unspecified atom stereocenters. The molecule has 0 saturated heterocycles. The predicted octanol–water partition coefficient (Wildman–Crippen LogP) is 2.07. The number of allylic oxidation sites excluding steroid dienone is 1. The minimum atomic E-state index is -1.19. The molecule has 2 fully saturated rings. The summed E-state index contributed by atoms with van der Waals surface area (Å²) < 4.78 is 0. The lowest BCUT2D eigenvalue weighted by molar-refractivity contribution is -0.142.